The third kappa shape index (κ3) is 3.10. The molecule has 21 heavy (non-hydrogen) atoms. The van der Waals surface area contributed by atoms with E-state index in [1.165, 1.54) is 11.1 Å². The molecule has 108 valence electrons. The van der Waals surface area contributed by atoms with Gasteiger partial charge in [-0.05, 0) is 57.7 Å². The Morgan fingerprint density at radius 1 is 1.24 bits per heavy atom. The lowest BCUT2D eigenvalue weighted by Gasteiger charge is -2.05. The van der Waals surface area contributed by atoms with Crippen LogP contribution in [0.5, 0.6) is 5.75 Å². The van der Waals surface area contributed by atoms with Crippen LogP contribution >= 0.6 is 15.9 Å². The van der Waals surface area contributed by atoms with E-state index in [1.54, 1.807) is 18.2 Å². The van der Waals surface area contributed by atoms with Crippen LogP contribution in [0.3, 0.4) is 0 Å². The van der Waals surface area contributed by atoms with Gasteiger partial charge in [0.2, 0.25) is 0 Å². The van der Waals surface area contributed by atoms with E-state index in [-0.39, 0.29) is 5.78 Å². The van der Waals surface area contributed by atoms with Gasteiger partial charge in [0.1, 0.15) is 5.75 Å². The Hall–Kier alpha value is -1.81. The van der Waals surface area contributed by atoms with Crippen molar-refractivity contribution >= 4 is 27.4 Å². The minimum atomic E-state index is 0.132. The van der Waals surface area contributed by atoms with Gasteiger partial charge >= 0.3 is 0 Å². The van der Waals surface area contributed by atoms with E-state index in [4.69, 9.17) is 10.5 Å². The molecule has 3 nitrogen and oxygen atoms in total. The van der Waals surface area contributed by atoms with Crippen molar-refractivity contribution in [3.05, 3.63) is 57.6 Å². The van der Waals surface area contributed by atoms with E-state index in [2.05, 4.69) is 22.0 Å². The van der Waals surface area contributed by atoms with Crippen LogP contribution in [0.15, 0.2) is 40.9 Å². The smallest absolute Gasteiger partial charge is 0.163 e. The molecule has 1 heterocycles. The van der Waals surface area contributed by atoms with Crippen molar-refractivity contribution in [3.8, 4) is 5.75 Å². The molecule has 1 aliphatic heterocycles. The van der Waals surface area contributed by atoms with E-state index in [1.807, 2.05) is 12.1 Å². The van der Waals surface area contributed by atoms with Crippen LogP contribution in [0.2, 0.25) is 0 Å². The van der Waals surface area contributed by atoms with E-state index >= 15 is 0 Å². The molecule has 0 aliphatic carbocycles. The molecule has 2 N–H and O–H groups in total. The predicted molar refractivity (Wildman–Crippen MR) is 86.8 cm³/mol. The number of rotatable bonds is 4. The molecule has 0 fully saturated rings. The largest absolute Gasteiger partial charge is 0.493 e. The van der Waals surface area contributed by atoms with Gasteiger partial charge in [-0.15, -0.1) is 0 Å². The number of ketones is 1. The SMILES string of the molecule is Nc1ccc(C(=O)CCc2ccc3c(c2)CCO3)cc1Br. The Bertz CT molecular complexity index is 697. The van der Waals surface area contributed by atoms with Gasteiger partial charge in [-0.1, -0.05) is 12.1 Å². The number of anilines is 1. The maximum absolute atomic E-state index is 12.2. The van der Waals surface area contributed by atoms with Crippen LogP contribution in [0.25, 0.3) is 0 Å². The Labute approximate surface area is 132 Å². The summed E-state index contributed by atoms with van der Waals surface area (Å²) < 4.78 is 6.26. The summed E-state index contributed by atoms with van der Waals surface area (Å²) in [7, 11) is 0. The second kappa shape index (κ2) is 5.90. The van der Waals surface area contributed by atoms with Gasteiger partial charge in [0.15, 0.2) is 5.78 Å². The molecule has 0 saturated carbocycles. The Kier molecular flexibility index (Phi) is 3.97. The monoisotopic (exact) mass is 345 g/mol. The number of benzene rings is 2. The third-order valence-corrected chi connectivity index (χ3v) is 4.40. The number of ether oxygens (including phenoxy) is 1. The van der Waals surface area contributed by atoms with Gasteiger partial charge in [0.05, 0.1) is 6.61 Å². The highest BCUT2D eigenvalue weighted by Gasteiger charge is 2.13. The van der Waals surface area contributed by atoms with Gasteiger partial charge in [-0.2, -0.15) is 0 Å². The fourth-order valence-electron chi connectivity index (χ4n) is 2.50. The van der Waals surface area contributed by atoms with Gasteiger partial charge in [0.25, 0.3) is 0 Å². The number of aryl methyl sites for hydroxylation is 1. The lowest BCUT2D eigenvalue weighted by atomic mass is 10.0. The average Bonchev–Trinajstić information content (AvgIpc) is 2.95. The number of carbonyl (C=O) groups is 1. The summed E-state index contributed by atoms with van der Waals surface area (Å²) in [6, 6.07) is 11.5. The molecule has 2 aromatic rings. The molecule has 0 amide bonds. The second-order valence-electron chi connectivity index (χ2n) is 5.20. The zero-order valence-corrected chi connectivity index (χ0v) is 13.2. The summed E-state index contributed by atoms with van der Waals surface area (Å²) in [5.74, 6) is 1.11. The second-order valence-corrected chi connectivity index (χ2v) is 6.05. The van der Waals surface area contributed by atoms with Crippen LogP contribution in [0.4, 0.5) is 5.69 Å². The van der Waals surface area contributed by atoms with Crippen molar-refractivity contribution in [2.45, 2.75) is 19.3 Å². The van der Waals surface area contributed by atoms with Crippen molar-refractivity contribution in [2.75, 3.05) is 12.3 Å². The lowest BCUT2D eigenvalue weighted by Crippen LogP contribution is -2.02. The predicted octanol–water partition coefficient (Wildman–Crippen LogP) is 3.78. The number of carbonyl (C=O) groups excluding carboxylic acids is 1. The summed E-state index contributed by atoms with van der Waals surface area (Å²) in [4.78, 5) is 12.2. The van der Waals surface area contributed by atoms with Crippen LogP contribution < -0.4 is 10.5 Å². The van der Waals surface area contributed by atoms with Gasteiger partial charge < -0.3 is 10.5 Å². The number of nitrogens with two attached hydrogens (primary N) is 1. The standard InChI is InChI=1S/C17H16BrNO2/c18-14-10-12(3-4-15(14)19)16(20)5-1-11-2-6-17-13(9-11)7-8-21-17/h2-4,6,9-10H,1,5,7-8,19H2. The molecule has 0 aromatic heterocycles. The Morgan fingerprint density at radius 3 is 2.90 bits per heavy atom. The fraction of sp³-hybridized carbons (Fsp3) is 0.235. The molecule has 0 radical (unpaired) electrons. The number of nitrogen functional groups attached to an aromatic ring is 1. The summed E-state index contributed by atoms with van der Waals surface area (Å²) in [6.45, 7) is 0.761. The lowest BCUT2D eigenvalue weighted by molar-refractivity contribution is 0.0983. The summed E-state index contributed by atoms with van der Waals surface area (Å²) in [6.07, 6.45) is 2.20. The molecule has 3 rings (SSSR count). The Balaban J connectivity index is 1.67. The molecular weight excluding hydrogens is 330 g/mol. The zero-order valence-electron chi connectivity index (χ0n) is 11.6. The molecule has 0 saturated heterocycles. The molecule has 0 spiro atoms. The van der Waals surface area contributed by atoms with Crippen LogP contribution in [0.1, 0.15) is 27.9 Å². The highest BCUT2D eigenvalue weighted by Crippen LogP contribution is 2.26. The highest BCUT2D eigenvalue weighted by atomic mass is 79.9. The number of hydrogen-bond donors (Lipinski definition) is 1. The zero-order chi connectivity index (χ0) is 14.8. The fourth-order valence-corrected chi connectivity index (χ4v) is 2.88. The molecule has 0 unspecified atom stereocenters. The van der Waals surface area contributed by atoms with E-state index in [0.717, 1.165) is 29.7 Å². The number of fused-ring (bicyclic) bond motifs is 1. The normalized spacial score (nSPS) is 12.8. The van der Waals surface area contributed by atoms with Gasteiger partial charge in [-0.3, -0.25) is 4.79 Å². The van der Waals surface area contributed by atoms with Crippen molar-refractivity contribution in [1.82, 2.24) is 0 Å². The molecule has 0 atom stereocenters. The first-order valence-electron chi connectivity index (χ1n) is 6.96. The van der Waals surface area contributed by atoms with E-state index < -0.39 is 0 Å². The quantitative estimate of drug-likeness (QED) is 0.677. The first-order chi connectivity index (χ1) is 10.1. The molecule has 2 aromatic carbocycles. The Morgan fingerprint density at radius 2 is 2.10 bits per heavy atom. The van der Waals surface area contributed by atoms with Crippen molar-refractivity contribution in [2.24, 2.45) is 0 Å². The minimum absolute atomic E-state index is 0.132. The van der Waals surface area contributed by atoms with E-state index in [9.17, 15) is 4.79 Å². The maximum atomic E-state index is 12.2. The first-order valence-corrected chi connectivity index (χ1v) is 7.75. The summed E-state index contributed by atoms with van der Waals surface area (Å²) in [5, 5.41) is 0. The molecule has 4 heteroatoms. The van der Waals surface area contributed by atoms with Crippen molar-refractivity contribution in [3.63, 3.8) is 0 Å². The third-order valence-electron chi connectivity index (χ3n) is 3.72. The van der Waals surface area contributed by atoms with Crippen LogP contribution in [0, 0.1) is 0 Å². The summed E-state index contributed by atoms with van der Waals surface area (Å²) in [5.41, 5.74) is 9.50. The number of hydrogen-bond acceptors (Lipinski definition) is 3. The number of halogens is 1. The van der Waals surface area contributed by atoms with Gasteiger partial charge in [0, 0.05) is 28.6 Å². The number of Topliss-reactive ketones (excluding diaryl/α,β-unsaturated/α-hetero) is 1. The molecule has 0 bridgehead atoms. The van der Waals surface area contributed by atoms with Gasteiger partial charge in [-0.25, -0.2) is 0 Å². The van der Waals surface area contributed by atoms with Crippen LogP contribution in [-0.4, -0.2) is 12.4 Å². The molecule has 1 aliphatic rings. The van der Waals surface area contributed by atoms with Crippen LogP contribution in [-0.2, 0) is 12.8 Å². The molecular formula is C17H16BrNO2. The van der Waals surface area contributed by atoms with Crippen molar-refractivity contribution in [1.29, 1.82) is 0 Å². The highest BCUT2D eigenvalue weighted by molar-refractivity contribution is 9.10. The minimum Gasteiger partial charge on any atom is -0.493 e. The topological polar surface area (TPSA) is 52.3 Å². The van der Waals surface area contributed by atoms with Crippen molar-refractivity contribution < 1.29 is 9.53 Å². The van der Waals surface area contributed by atoms with E-state index in [0.29, 0.717) is 17.7 Å². The average molecular weight is 346 g/mol. The maximum Gasteiger partial charge on any atom is 0.163 e. The first kappa shape index (κ1) is 14.1. The summed E-state index contributed by atoms with van der Waals surface area (Å²) >= 11 is 3.35.